The molecular formula is C17H19N3O2S2. The van der Waals surface area contributed by atoms with E-state index in [1.54, 1.807) is 0 Å². The highest BCUT2D eigenvalue weighted by molar-refractivity contribution is 8.01. The number of hydrogen-bond donors (Lipinski definition) is 1. The number of aryl methyl sites for hydroxylation is 1. The predicted octanol–water partition coefficient (Wildman–Crippen LogP) is 3.95. The minimum atomic E-state index is 0.0379. The molecule has 126 valence electrons. The zero-order chi connectivity index (χ0) is 16.9. The lowest BCUT2D eigenvalue weighted by Crippen LogP contribution is -2.20. The molecule has 1 amide bonds. The molecule has 1 fully saturated rings. The molecule has 1 saturated carbocycles. The Labute approximate surface area is 149 Å². The summed E-state index contributed by atoms with van der Waals surface area (Å²) in [4.78, 5) is 24.2. The number of rotatable bonds is 6. The SMILES string of the molecule is Cc1ccc(C(=O)CSc2nnc(NC(=O)C3CCCC3)s2)cc1. The second-order valence-corrected chi connectivity index (χ2v) is 8.12. The van der Waals surface area contributed by atoms with Crippen molar-refractivity contribution in [2.24, 2.45) is 5.92 Å². The van der Waals surface area contributed by atoms with Crippen LogP contribution < -0.4 is 5.32 Å². The first kappa shape index (κ1) is 17.1. The molecule has 1 aliphatic rings. The molecule has 0 bridgehead atoms. The number of Topliss-reactive ketones (excluding diaryl/α,β-unsaturated/α-hetero) is 1. The Morgan fingerprint density at radius 2 is 1.92 bits per heavy atom. The molecule has 0 unspecified atom stereocenters. The van der Waals surface area contributed by atoms with Gasteiger partial charge in [-0.3, -0.25) is 9.59 Å². The number of carbonyl (C=O) groups excluding carboxylic acids is 2. The van der Waals surface area contributed by atoms with Crippen molar-refractivity contribution in [1.29, 1.82) is 0 Å². The van der Waals surface area contributed by atoms with E-state index < -0.39 is 0 Å². The number of carbonyl (C=O) groups is 2. The van der Waals surface area contributed by atoms with Crippen LogP contribution in [0.4, 0.5) is 5.13 Å². The van der Waals surface area contributed by atoms with Crippen molar-refractivity contribution in [3.63, 3.8) is 0 Å². The van der Waals surface area contributed by atoms with Crippen LogP contribution in [0.25, 0.3) is 0 Å². The van der Waals surface area contributed by atoms with Gasteiger partial charge in [0.05, 0.1) is 5.75 Å². The van der Waals surface area contributed by atoms with Gasteiger partial charge >= 0.3 is 0 Å². The number of nitrogens with zero attached hydrogens (tertiary/aromatic N) is 2. The Kier molecular flexibility index (Phi) is 5.63. The Morgan fingerprint density at radius 1 is 1.21 bits per heavy atom. The zero-order valence-corrected chi connectivity index (χ0v) is 15.1. The summed E-state index contributed by atoms with van der Waals surface area (Å²) in [7, 11) is 0. The molecule has 1 aliphatic carbocycles. The van der Waals surface area contributed by atoms with Crippen LogP contribution in [0.3, 0.4) is 0 Å². The van der Waals surface area contributed by atoms with Crippen molar-refractivity contribution < 1.29 is 9.59 Å². The van der Waals surface area contributed by atoms with Gasteiger partial charge in [0, 0.05) is 11.5 Å². The molecule has 1 heterocycles. The molecule has 0 atom stereocenters. The van der Waals surface area contributed by atoms with Crippen LogP contribution >= 0.6 is 23.1 Å². The summed E-state index contributed by atoms with van der Waals surface area (Å²) in [6.07, 6.45) is 4.15. The first-order valence-corrected chi connectivity index (χ1v) is 9.79. The van der Waals surface area contributed by atoms with Gasteiger partial charge in [-0.25, -0.2) is 0 Å². The highest BCUT2D eigenvalue weighted by atomic mass is 32.2. The summed E-state index contributed by atoms with van der Waals surface area (Å²) in [5.41, 5.74) is 1.83. The lowest BCUT2D eigenvalue weighted by atomic mass is 10.1. The number of thioether (sulfide) groups is 1. The van der Waals surface area contributed by atoms with Gasteiger partial charge in [-0.2, -0.15) is 0 Å². The van der Waals surface area contributed by atoms with Crippen LogP contribution in [0.2, 0.25) is 0 Å². The molecule has 1 aromatic heterocycles. The van der Waals surface area contributed by atoms with Crippen molar-refractivity contribution in [1.82, 2.24) is 10.2 Å². The molecule has 2 aromatic rings. The first-order valence-electron chi connectivity index (χ1n) is 7.99. The molecular weight excluding hydrogens is 342 g/mol. The van der Waals surface area contributed by atoms with E-state index in [9.17, 15) is 9.59 Å². The maximum Gasteiger partial charge on any atom is 0.229 e. The normalized spacial score (nSPS) is 14.7. The minimum absolute atomic E-state index is 0.0379. The number of amides is 1. The van der Waals surface area contributed by atoms with Crippen molar-refractivity contribution in [2.75, 3.05) is 11.1 Å². The average Bonchev–Trinajstić information content (AvgIpc) is 3.25. The van der Waals surface area contributed by atoms with Crippen LogP contribution in [0.5, 0.6) is 0 Å². The van der Waals surface area contributed by atoms with Crippen molar-refractivity contribution in [3.05, 3.63) is 35.4 Å². The van der Waals surface area contributed by atoms with Gasteiger partial charge in [0.1, 0.15) is 0 Å². The molecule has 3 rings (SSSR count). The summed E-state index contributed by atoms with van der Waals surface area (Å²) in [6, 6.07) is 7.54. The van der Waals surface area contributed by atoms with Crippen molar-refractivity contribution >= 4 is 39.9 Å². The topological polar surface area (TPSA) is 72.0 Å². The summed E-state index contributed by atoms with van der Waals surface area (Å²) in [5, 5.41) is 11.4. The fourth-order valence-electron chi connectivity index (χ4n) is 2.66. The van der Waals surface area contributed by atoms with E-state index in [0.717, 1.165) is 31.2 Å². The predicted molar refractivity (Wildman–Crippen MR) is 96.7 cm³/mol. The zero-order valence-electron chi connectivity index (χ0n) is 13.4. The number of nitrogens with one attached hydrogen (secondary N) is 1. The van der Waals surface area contributed by atoms with Gasteiger partial charge in [0.25, 0.3) is 0 Å². The minimum Gasteiger partial charge on any atom is -0.300 e. The van der Waals surface area contributed by atoms with Crippen LogP contribution in [-0.2, 0) is 4.79 Å². The summed E-state index contributed by atoms with van der Waals surface area (Å²) < 4.78 is 0.692. The van der Waals surface area contributed by atoms with Gasteiger partial charge in [-0.1, -0.05) is 65.8 Å². The lowest BCUT2D eigenvalue weighted by molar-refractivity contribution is -0.119. The molecule has 0 aliphatic heterocycles. The third kappa shape index (κ3) is 4.42. The summed E-state index contributed by atoms with van der Waals surface area (Å²) in [5.74, 6) is 0.518. The van der Waals surface area contributed by atoms with Gasteiger partial charge in [0.2, 0.25) is 11.0 Å². The van der Waals surface area contributed by atoms with E-state index in [-0.39, 0.29) is 17.6 Å². The second kappa shape index (κ2) is 7.90. The third-order valence-corrected chi connectivity index (χ3v) is 6.03. The average molecular weight is 361 g/mol. The van der Waals surface area contributed by atoms with Gasteiger partial charge < -0.3 is 5.32 Å². The highest BCUT2D eigenvalue weighted by Gasteiger charge is 2.23. The number of benzene rings is 1. The van der Waals surface area contributed by atoms with Crippen LogP contribution in [0.1, 0.15) is 41.6 Å². The molecule has 1 N–H and O–H groups in total. The first-order chi connectivity index (χ1) is 11.6. The molecule has 1 aromatic carbocycles. The second-order valence-electron chi connectivity index (χ2n) is 5.92. The van der Waals surface area contributed by atoms with Crippen molar-refractivity contribution in [3.8, 4) is 0 Å². The Balaban J connectivity index is 1.51. The maximum absolute atomic E-state index is 12.2. The standard InChI is InChI=1S/C17H19N3O2S2/c1-11-6-8-12(9-7-11)14(21)10-23-17-20-19-16(24-17)18-15(22)13-4-2-3-5-13/h6-9,13H,2-5,10H2,1H3,(H,18,19,22). The molecule has 0 saturated heterocycles. The third-order valence-electron chi connectivity index (χ3n) is 4.06. The van der Waals surface area contributed by atoms with Gasteiger partial charge in [-0.05, 0) is 19.8 Å². The van der Waals surface area contributed by atoms with E-state index in [0.29, 0.717) is 20.8 Å². The lowest BCUT2D eigenvalue weighted by Gasteiger charge is -2.06. The largest absolute Gasteiger partial charge is 0.300 e. The van der Waals surface area contributed by atoms with E-state index in [1.807, 2.05) is 31.2 Å². The number of hydrogen-bond acceptors (Lipinski definition) is 6. The molecule has 24 heavy (non-hydrogen) atoms. The number of aromatic nitrogens is 2. The summed E-state index contributed by atoms with van der Waals surface area (Å²) in [6.45, 7) is 1.99. The number of ketones is 1. The maximum atomic E-state index is 12.2. The number of anilines is 1. The van der Waals surface area contributed by atoms with E-state index in [4.69, 9.17) is 0 Å². The monoisotopic (exact) mass is 361 g/mol. The van der Waals surface area contributed by atoms with Gasteiger partial charge in [-0.15, -0.1) is 10.2 Å². The van der Waals surface area contributed by atoms with E-state index in [1.165, 1.54) is 23.1 Å². The fraction of sp³-hybridized carbons (Fsp3) is 0.412. The van der Waals surface area contributed by atoms with Crippen molar-refractivity contribution in [2.45, 2.75) is 36.9 Å². The molecule has 7 heteroatoms. The highest BCUT2D eigenvalue weighted by Crippen LogP contribution is 2.29. The van der Waals surface area contributed by atoms with Crippen LogP contribution in [-0.4, -0.2) is 27.6 Å². The molecule has 5 nitrogen and oxygen atoms in total. The summed E-state index contributed by atoms with van der Waals surface area (Å²) >= 11 is 2.67. The van der Waals surface area contributed by atoms with Crippen LogP contribution in [0.15, 0.2) is 28.6 Å². The Hall–Kier alpha value is -1.73. The quantitative estimate of drug-likeness (QED) is 0.479. The van der Waals surface area contributed by atoms with E-state index >= 15 is 0 Å². The Bertz CT molecular complexity index is 722. The van der Waals surface area contributed by atoms with E-state index in [2.05, 4.69) is 15.5 Å². The fourth-order valence-corrected chi connectivity index (χ4v) is 4.31. The molecule has 0 spiro atoms. The van der Waals surface area contributed by atoms with Gasteiger partial charge in [0.15, 0.2) is 10.1 Å². The molecule has 0 radical (unpaired) electrons. The Morgan fingerprint density at radius 3 is 2.62 bits per heavy atom. The van der Waals surface area contributed by atoms with Crippen LogP contribution in [0, 0.1) is 12.8 Å². The smallest absolute Gasteiger partial charge is 0.229 e.